The van der Waals surface area contributed by atoms with E-state index in [9.17, 15) is 14.7 Å². The van der Waals surface area contributed by atoms with Crippen LogP contribution in [0.2, 0.25) is 0 Å². The molecule has 0 saturated carbocycles. The van der Waals surface area contributed by atoms with Crippen molar-refractivity contribution in [1.29, 1.82) is 0 Å². The monoisotopic (exact) mass is 359 g/mol. The van der Waals surface area contributed by atoms with E-state index < -0.39 is 0 Å². The molecule has 2 amide bonds. The molecule has 2 aliphatic heterocycles. The van der Waals surface area contributed by atoms with E-state index in [0.29, 0.717) is 31.7 Å². The van der Waals surface area contributed by atoms with E-state index in [-0.39, 0.29) is 35.4 Å². The van der Waals surface area contributed by atoms with E-state index in [2.05, 4.69) is 24.1 Å². The molecule has 0 bridgehead atoms. The lowest BCUT2D eigenvalue weighted by Crippen LogP contribution is -2.64. The quantitative estimate of drug-likeness (QED) is 0.865. The third kappa shape index (κ3) is 3.43. The molecule has 1 unspecified atom stereocenters. The molecule has 2 heterocycles. The first-order chi connectivity index (χ1) is 12.3. The highest BCUT2D eigenvalue weighted by molar-refractivity contribution is 5.98. The van der Waals surface area contributed by atoms with Crippen molar-refractivity contribution < 1.29 is 14.7 Å². The highest BCUT2D eigenvalue weighted by Crippen LogP contribution is 2.34. The summed E-state index contributed by atoms with van der Waals surface area (Å²) in [4.78, 5) is 29.1. The van der Waals surface area contributed by atoms with Crippen molar-refractivity contribution >= 4 is 11.8 Å². The summed E-state index contributed by atoms with van der Waals surface area (Å²) in [6.45, 7) is 11.3. The summed E-state index contributed by atoms with van der Waals surface area (Å²) in [6, 6.07) is 3.51. The van der Waals surface area contributed by atoms with Gasteiger partial charge in [0.1, 0.15) is 11.8 Å². The summed E-state index contributed by atoms with van der Waals surface area (Å²) < 4.78 is 0. The Labute approximate surface area is 155 Å². The number of hydrogen-bond donors (Lipinski definition) is 2. The first kappa shape index (κ1) is 18.7. The normalized spacial score (nSPS) is 21.1. The van der Waals surface area contributed by atoms with E-state index in [1.165, 1.54) is 0 Å². The van der Waals surface area contributed by atoms with Crippen LogP contribution in [0.3, 0.4) is 0 Å². The average molecular weight is 359 g/mol. The third-order valence-corrected chi connectivity index (χ3v) is 5.46. The van der Waals surface area contributed by atoms with Crippen molar-refractivity contribution in [3.63, 3.8) is 0 Å². The van der Waals surface area contributed by atoms with Crippen molar-refractivity contribution in [2.75, 3.05) is 32.7 Å². The maximum Gasteiger partial charge on any atom is 0.257 e. The van der Waals surface area contributed by atoms with Crippen LogP contribution in [0.1, 0.15) is 61.0 Å². The maximum absolute atomic E-state index is 13.2. The minimum Gasteiger partial charge on any atom is -0.507 e. The number of nitrogens with one attached hydrogen (secondary N) is 1. The smallest absolute Gasteiger partial charge is 0.257 e. The third-order valence-electron chi connectivity index (χ3n) is 5.46. The second-order valence-electron chi connectivity index (χ2n) is 7.91. The molecule has 1 aromatic rings. The van der Waals surface area contributed by atoms with Crippen LogP contribution in [-0.2, 0) is 4.79 Å². The first-order valence-corrected chi connectivity index (χ1v) is 9.47. The predicted molar refractivity (Wildman–Crippen MR) is 101 cm³/mol. The van der Waals surface area contributed by atoms with Gasteiger partial charge in [-0.25, -0.2) is 0 Å². The zero-order valence-electron chi connectivity index (χ0n) is 16.1. The number of rotatable bonds is 3. The largest absolute Gasteiger partial charge is 0.507 e. The summed E-state index contributed by atoms with van der Waals surface area (Å²) >= 11 is 0. The highest BCUT2D eigenvalue weighted by Gasteiger charge is 2.37. The fourth-order valence-electron chi connectivity index (χ4n) is 3.75. The van der Waals surface area contributed by atoms with Gasteiger partial charge in [0.25, 0.3) is 5.91 Å². The summed E-state index contributed by atoms with van der Waals surface area (Å²) in [5, 5.41) is 13.6. The van der Waals surface area contributed by atoms with E-state index in [0.717, 1.165) is 17.7 Å². The Bertz CT molecular complexity index is 714. The zero-order chi connectivity index (χ0) is 19.0. The fraction of sp³-hybridized carbons (Fsp3) is 0.600. The van der Waals surface area contributed by atoms with Crippen LogP contribution >= 0.6 is 0 Å². The number of fused-ring (bicyclic) bond motifs is 1. The predicted octanol–water partition coefficient (Wildman–Crippen LogP) is 1.90. The Morgan fingerprint density at radius 3 is 2.54 bits per heavy atom. The molecule has 2 fully saturated rings. The van der Waals surface area contributed by atoms with Gasteiger partial charge >= 0.3 is 0 Å². The molecule has 1 aromatic carbocycles. The van der Waals surface area contributed by atoms with Crippen LogP contribution in [0.4, 0.5) is 0 Å². The van der Waals surface area contributed by atoms with Crippen molar-refractivity contribution in [3.8, 4) is 5.75 Å². The van der Waals surface area contributed by atoms with Crippen molar-refractivity contribution in [2.24, 2.45) is 0 Å². The second-order valence-corrected chi connectivity index (χ2v) is 7.91. The molecule has 0 aromatic heterocycles. The van der Waals surface area contributed by atoms with Gasteiger partial charge in [-0.1, -0.05) is 33.8 Å². The molecule has 2 N–H and O–H groups in total. The average Bonchev–Trinajstić information content (AvgIpc) is 2.61. The van der Waals surface area contributed by atoms with E-state index in [1.54, 1.807) is 4.90 Å². The lowest BCUT2D eigenvalue weighted by atomic mass is 9.91. The van der Waals surface area contributed by atoms with E-state index in [1.807, 2.05) is 26.0 Å². The molecule has 0 aliphatic carbocycles. The molecule has 0 spiro atoms. The van der Waals surface area contributed by atoms with Gasteiger partial charge in [-0.05, 0) is 29.0 Å². The molecule has 0 radical (unpaired) electrons. The fourth-order valence-corrected chi connectivity index (χ4v) is 3.75. The number of benzene rings is 1. The number of carbonyl (C=O) groups is 2. The van der Waals surface area contributed by atoms with Crippen LogP contribution in [-0.4, -0.2) is 65.5 Å². The highest BCUT2D eigenvalue weighted by atomic mass is 16.3. The van der Waals surface area contributed by atoms with Crippen molar-refractivity contribution in [2.45, 2.75) is 45.6 Å². The summed E-state index contributed by atoms with van der Waals surface area (Å²) in [5.41, 5.74) is 2.20. The van der Waals surface area contributed by atoms with Gasteiger partial charge < -0.3 is 15.3 Å². The summed E-state index contributed by atoms with van der Waals surface area (Å²) in [6.07, 6.45) is 0. The molecule has 6 nitrogen and oxygen atoms in total. The van der Waals surface area contributed by atoms with E-state index >= 15 is 0 Å². The van der Waals surface area contributed by atoms with Gasteiger partial charge in [-0.15, -0.1) is 0 Å². The molecule has 142 valence electrons. The zero-order valence-corrected chi connectivity index (χ0v) is 16.1. The van der Waals surface area contributed by atoms with Crippen molar-refractivity contribution in [1.82, 2.24) is 15.1 Å². The van der Waals surface area contributed by atoms with Crippen LogP contribution in [0.5, 0.6) is 5.75 Å². The lowest BCUT2D eigenvalue weighted by molar-refractivity contribution is -0.131. The Kier molecular flexibility index (Phi) is 5.23. The van der Waals surface area contributed by atoms with Gasteiger partial charge in [0.15, 0.2) is 0 Å². The topological polar surface area (TPSA) is 72.9 Å². The number of carbonyl (C=O) groups excluding carboxylic acids is 2. The number of aromatic hydroxyl groups is 1. The molecule has 2 saturated heterocycles. The Morgan fingerprint density at radius 2 is 1.88 bits per heavy atom. The maximum atomic E-state index is 13.2. The number of piperazine rings is 2. The number of nitrogens with zero attached hydrogens (tertiary/aromatic N) is 2. The molecule has 1 atom stereocenters. The van der Waals surface area contributed by atoms with Crippen LogP contribution in [0.25, 0.3) is 0 Å². The molecule has 3 rings (SSSR count). The van der Waals surface area contributed by atoms with Crippen LogP contribution in [0.15, 0.2) is 12.1 Å². The Morgan fingerprint density at radius 1 is 1.15 bits per heavy atom. The lowest BCUT2D eigenvalue weighted by Gasteiger charge is -2.43. The minimum absolute atomic E-state index is 0.0169. The molecule has 26 heavy (non-hydrogen) atoms. The van der Waals surface area contributed by atoms with Crippen molar-refractivity contribution in [3.05, 3.63) is 28.8 Å². The number of hydrogen-bond acceptors (Lipinski definition) is 4. The summed E-state index contributed by atoms with van der Waals surface area (Å²) in [7, 11) is 0. The SMILES string of the molecule is CC(C)c1cc(C(=O)N2CCN3CCNC(=O)C3C2)c(O)c(C(C)C)c1. The Hall–Kier alpha value is -2.08. The van der Waals surface area contributed by atoms with Gasteiger partial charge in [0, 0.05) is 32.7 Å². The molecule has 6 heteroatoms. The van der Waals surface area contributed by atoms with E-state index in [4.69, 9.17) is 0 Å². The van der Waals surface area contributed by atoms with Gasteiger partial charge in [-0.3, -0.25) is 14.5 Å². The molecule has 2 aliphatic rings. The number of phenolic OH excluding ortho intramolecular Hbond substituents is 1. The van der Waals surface area contributed by atoms with Gasteiger partial charge in [0.05, 0.1) is 5.56 Å². The number of amides is 2. The Balaban J connectivity index is 1.90. The minimum atomic E-state index is -0.290. The first-order valence-electron chi connectivity index (χ1n) is 9.47. The molecular formula is C20H29N3O3. The van der Waals surface area contributed by atoms with Crippen LogP contribution in [0, 0.1) is 0 Å². The second kappa shape index (κ2) is 7.27. The summed E-state index contributed by atoms with van der Waals surface area (Å²) in [5.74, 6) is 0.258. The number of phenols is 1. The van der Waals surface area contributed by atoms with Gasteiger partial charge in [-0.2, -0.15) is 0 Å². The standard InChI is InChI=1S/C20H29N3O3/c1-12(2)14-9-15(13(3)4)18(24)16(10-14)20(26)23-8-7-22-6-5-21-19(25)17(22)11-23/h9-10,12-13,17,24H,5-8,11H2,1-4H3,(H,21,25). The van der Waals surface area contributed by atoms with Crippen LogP contribution < -0.4 is 5.32 Å². The molecular weight excluding hydrogens is 330 g/mol. The van der Waals surface area contributed by atoms with Gasteiger partial charge in [0.2, 0.25) is 5.91 Å².